The van der Waals surface area contributed by atoms with Gasteiger partial charge in [-0.15, -0.1) is 0 Å². The van der Waals surface area contributed by atoms with E-state index < -0.39 is 6.23 Å². The van der Waals surface area contributed by atoms with Gasteiger partial charge in [0.1, 0.15) is 18.6 Å². The van der Waals surface area contributed by atoms with Gasteiger partial charge in [-0.25, -0.2) is 0 Å². The number of aryl methyl sites for hydroxylation is 1. The lowest BCUT2D eigenvalue weighted by Crippen LogP contribution is -2.40. The zero-order valence-electron chi connectivity index (χ0n) is 16.9. The summed E-state index contributed by atoms with van der Waals surface area (Å²) in [6.45, 7) is -0.0266. The molecule has 1 heterocycles. The highest BCUT2D eigenvalue weighted by Crippen LogP contribution is 2.33. The van der Waals surface area contributed by atoms with Crippen molar-refractivity contribution < 1.29 is 19.1 Å². The number of hydrogen-bond acceptors (Lipinski definition) is 4. The smallest absolute Gasteiger partial charge is 0.257 e. The van der Waals surface area contributed by atoms with Crippen LogP contribution in [0.4, 0.5) is 0 Å². The van der Waals surface area contributed by atoms with Gasteiger partial charge < -0.3 is 9.47 Å². The fourth-order valence-electron chi connectivity index (χ4n) is 4.43. The minimum Gasteiger partial charge on any atom is -0.496 e. The second-order valence-electron chi connectivity index (χ2n) is 7.70. The van der Waals surface area contributed by atoms with Gasteiger partial charge in [-0.1, -0.05) is 36.4 Å². The molecular weight excluding hydrogens is 366 g/mol. The SMILES string of the molecule is COc1ccc(CCC(=O)N2C(=O)CO[C@H]2Cc2ccccc2)c2c1CCCC2. The Morgan fingerprint density at radius 3 is 2.62 bits per heavy atom. The molecule has 0 bridgehead atoms. The number of ether oxygens (including phenoxy) is 2. The zero-order chi connectivity index (χ0) is 20.2. The number of benzene rings is 2. The number of methoxy groups -OCH3 is 1. The quantitative estimate of drug-likeness (QED) is 0.754. The zero-order valence-corrected chi connectivity index (χ0v) is 16.9. The summed E-state index contributed by atoms with van der Waals surface area (Å²) in [5, 5.41) is 0. The molecule has 1 aliphatic heterocycles. The Balaban J connectivity index is 1.45. The predicted molar refractivity (Wildman–Crippen MR) is 110 cm³/mol. The molecule has 0 unspecified atom stereocenters. The third-order valence-corrected chi connectivity index (χ3v) is 5.89. The first-order valence-electron chi connectivity index (χ1n) is 10.4. The molecule has 1 aliphatic carbocycles. The van der Waals surface area contributed by atoms with Gasteiger partial charge in [-0.05, 0) is 60.4 Å². The van der Waals surface area contributed by atoms with Crippen molar-refractivity contribution in [1.82, 2.24) is 4.90 Å². The van der Waals surface area contributed by atoms with Crippen LogP contribution in [-0.2, 0) is 40.0 Å². The first-order valence-corrected chi connectivity index (χ1v) is 10.4. The molecule has 2 aromatic rings. The molecule has 0 aromatic heterocycles. The number of amides is 2. The molecule has 152 valence electrons. The summed E-state index contributed by atoms with van der Waals surface area (Å²) < 4.78 is 11.1. The Labute approximate surface area is 171 Å². The number of imide groups is 1. The molecule has 0 N–H and O–H groups in total. The summed E-state index contributed by atoms with van der Waals surface area (Å²) in [6.07, 6.45) is 5.34. The second kappa shape index (κ2) is 8.78. The number of fused-ring (bicyclic) bond motifs is 1. The van der Waals surface area contributed by atoms with Gasteiger partial charge in [0, 0.05) is 12.8 Å². The summed E-state index contributed by atoms with van der Waals surface area (Å²) >= 11 is 0. The second-order valence-corrected chi connectivity index (χ2v) is 7.70. The van der Waals surface area contributed by atoms with Gasteiger partial charge >= 0.3 is 0 Å². The van der Waals surface area contributed by atoms with Crippen LogP contribution in [0.15, 0.2) is 42.5 Å². The topological polar surface area (TPSA) is 55.8 Å². The van der Waals surface area contributed by atoms with Crippen molar-refractivity contribution in [2.75, 3.05) is 13.7 Å². The van der Waals surface area contributed by atoms with Crippen LogP contribution in [0.25, 0.3) is 0 Å². The molecular formula is C24H27NO4. The third-order valence-electron chi connectivity index (χ3n) is 5.89. The normalized spacial score (nSPS) is 18.6. The Morgan fingerprint density at radius 2 is 1.86 bits per heavy atom. The van der Waals surface area contributed by atoms with Gasteiger partial charge in [0.15, 0.2) is 0 Å². The fourth-order valence-corrected chi connectivity index (χ4v) is 4.43. The molecule has 0 spiro atoms. The Bertz CT molecular complexity index is 893. The van der Waals surface area contributed by atoms with E-state index in [1.807, 2.05) is 36.4 Å². The Morgan fingerprint density at radius 1 is 1.10 bits per heavy atom. The van der Waals surface area contributed by atoms with Crippen molar-refractivity contribution >= 4 is 11.8 Å². The molecule has 5 nitrogen and oxygen atoms in total. The van der Waals surface area contributed by atoms with Crippen LogP contribution >= 0.6 is 0 Å². The van der Waals surface area contributed by atoms with E-state index in [1.165, 1.54) is 34.4 Å². The molecule has 2 aromatic carbocycles. The van der Waals surface area contributed by atoms with E-state index in [4.69, 9.17) is 9.47 Å². The highest BCUT2D eigenvalue weighted by molar-refractivity contribution is 5.97. The molecule has 1 atom stereocenters. The first-order chi connectivity index (χ1) is 14.2. The van der Waals surface area contributed by atoms with E-state index in [0.29, 0.717) is 19.3 Å². The molecule has 1 fully saturated rings. The minimum atomic E-state index is -0.512. The largest absolute Gasteiger partial charge is 0.496 e. The average Bonchev–Trinajstić information content (AvgIpc) is 3.12. The maximum Gasteiger partial charge on any atom is 0.257 e. The third kappa shape index (κ3) is 4.20. The van der Waals surface area contributed by atoms with E-state index in [0.717, 1.165) is 24.2 Å². The number of hydrogen-bond donors (Lipinski definition) is 0. The van der Waals surface area contributed by atoms with Gasteiger partial charge in [-0.3, -0.25) is 14.5 Å². The predicted octanol–water partition coefficient (Wildman–Crippen LogP) is 3.46. The van der Waals surface area contributed by atoms with Crippen molar-refractivity contribution in [2.45, 2.75) is 51.2 Å². The number of rotatable bonds is 6. The van der Waals surface area contributed by atoms with E-state index in [-0.39, 0.29) is 18.4 Å². The first kappa shape index (κ1) is 19.6. The summed E-state index contributed by atoms with van der Waals surface area (Å²) in [5.41, 5.74) is 4.86. The summed E-state index contributed by atoms with van der Waals surface area (Å²) in [5.74, 6) is 0.544. The van der Waals surface area contributed by atoms with Crippen molar-refractivity contribution in [2.24, 2.45) is 0 Å². The highest BCUT2D eigenvalue weighted by atomic mass is 16.5. The van der Waals surface area contributed by atoms with Crippen LogP contribution in [0.5, 0.6) is 5.75 Å². The van der Waals surface area contributed by atoms with E-state index in [9.17, 15) is 9.59 Å². The van der Waals surface area contributed by atoms with Gasteiger partial charge in [0.2, 0.25) is 5.91 Å². The summed E-state index contributed by atoms with van der Waals surface area (Å²) in [7, 11) is 1.71. The maximum atomic E-state index is 12.9. The molecule has 1 saturated heterocycles. The van der Waals surface area contributed by atoms with Crippen LogP contribution < -0.4 is 4.74 Å². The highest BCUT2D eigenvalue weighted by Gasteiger charge is 2.36. The Hall–Kier alpha value is -2.66. The van der Waals surface area contributed by atoms with E-state index in [1.54, 1.807) is 7.11 Å². The van der Waals surface area contributed by atoms with Crippen LogP contribution in [0.1, 0.15) is 41.5 Å². The lowest BCUT2D eigenvalue weighted by molar-refractivity contribution is -0.144. The lowest BCUT2D eigenvalue weighted by atomic mass is 9.86. The van der Waals surface area contributed by atoms with Crippen molar-refractivity contribution in [3.05, 3.63) is 64.7 Å². The monoisotopic (exact) mass is 393 g/mol. The lowest BCUT2D eigenvalue weighted by Gasteiger charge is -2.24. The fraction of sp³-hybridized carbons (Fsp3) is 0.417. The minimum absolute atomic E-state index is 0.0266. The van der Waals surface area contributed by atoms with Crippen molar-refractivity contribution in [3.63, 3.8) is 0 Å². The maximum absolute atomic E-state index is 12.9. The van der Waals surface area contributed by atoms with Crippen molar-refractivity contribution in [3.8, 4) is 5.75 Å². The molecule has 2 aliphatic rings. The number of carbonyl (C=O) groups excluding carboxylic acids is 2. The average molecular weight is 393 g/mol. The van der Waals surface area contributed by atoms with Crippen LogP contribution in [0, 0.1) is 0 Å². The van der Waals surface area contributed by atoms with Crippen molar-refractivity contribution in [1.29, 1.82) is 0 Å². The van der Waals surface area contributed by atoms with Crippen LogP contribution in [0.3, 0.4) is 0 Å². The molecule has 4 rings (SSSR count). The Kier molecular flexibility index (Phi) is 5.95. The summed E-state index contributed by atoms with van der Waals surface area (Å²) in [4.78, 5) is 26.6. The molecule has 0 radical (unpaired) electrons. The number of carbonyl (C=O) groups is 2. The van der Waals surface area contributed by atoms with Gasteiger partial charge in [0.05, 0.1) is 7.11 Å². The molecule has 0 saturated carbocycles. The van der Waals surface area contributed by atoms with E-state index in [2.05, 4.69) is 6.07 Å². The van der Waals surface area contributed by atoms with Crippen LogP contribution in [0.2, 0.25) is 0 Å². The van der Waals surface area contributed by atoms with Gasteiger partial charge in [0.25, 0.3) is 5.91 Å². The summed E-state index contributed by atoms with van der Waals surface area (Å²) in [6, 6.07) is 13.9. The van der Waals surface area contributed by atoms with Crippen LogP contribution in [-0.4, -0.2) is 36.7 Å². The molecule has 2 amide bonds. The molecule has 5 heteroatoms. The van der Waals surface area contributed by atoms with Gasteiger partial charge in [-0.2, -0.15) is 0 Å². The number of nitrogens with zero attached hydrogens (tertiary/aromatic N) is 1. The van der Waals surface area contributed by atoms with E-state index >= 15 is 0 Å². The molecule has 29 heavy (non-hydrogen) atoms. The standard InChI is InChI=1S/C24H27NO4/c1-28-21-13-11-18(19-9-5-6-10-20(19)21)12-14-22(26)25-23(27)16-29-24(25)15-17-7-3-2-4-8-17/h2-4,7-8,11,13,24H,5-6,9-10,12,14-16H2,1H3/t24-/m0/s1.